The lowest BCUT2D eigenvalue weighted by molar-refractivity contribution is 0.581. The molecular formula is C21H21OP. The van der Waals surface area contributed by atoms with Gasteiger partial charge in [0.2, 0.25) is 0 Å². The predicted molar refractivity (Wildman–Crippen MR) is 99.4 cm³/mol. The number of hydrogen-bond acceptors (Lipinski definition) is 1. The molecule has 23 heavy (non-hydrogen) atoms. The lowest BCUT2D eigenvalue weighted by atomic mass is 10.1. The van der Waals surface area contributed by atoms with Crippen LogP contribution in [0.2, 0.25) is 0 Å². The highest BCUT2D eigenvalue weighted by Crippen LogP contribution is 2.56. The summed E-state index contributed by atoms with van der Waals surface area (Å²) < 4.78 is 14.2. The van der Waals surface area contributed by atoms with Crippen LogP contribution in [0.5, 0.6) is 0 Å². The van der Waals surface area contributed by atoms with Gasteiger partial charge in [-0.1, -0.05) is 97.4 Å². The summed E-state index contributed by atoms with van der Waals surface area (Å²) in [5.74, 6) is 0. The van der Waals surface area contributed by atoms with E-state index in [0.29, 0.717) is 0 Å². The van der Waals surface area contributed by atoms with E-state index in [9.17, 15) is 4.57 Å². The molecule has 0 N–H and O–H groups in total. The van der Waals surface area contributed by atoms with Crippen LogP contribution in [-0.4, -0.2) is 0 Å². The van der Waals surface area contributed by atoms with Crippen LogP contribution in [0.3, 0.4) is 0 Å². The van der Waals surface area contributed by atoms with Crippen LogP contribution in [0.25, 0.3) is 0 Å². The Morgan fingerprint density at radius 2 is 1.26 bits per heavy atom. The molecule has 3 aromatic carbocycles. The van der Waals surface area contributed by atoms with Gasteiger partial charge in [-0.25, -0.2) is 0 Å². The third kappa shape index (κ3) is 3.02. The normalized spacial score (nSPS) is 12.8. The van der Waals surface area contributed by atoms with E-state index < -0.39 is 7.14 Å². The molecule has 0 aromatic heterocycles. The van der Waals surface area contributed by atoms with E-state index in [1.807, 2.05) is 66.7 Å². The Balaban J connectivity index is 2.19. The monoisotopic (exact) mass is 320 g/mol. The molecule has 0 amide bonds. The Hall–Kier alpha value is -2.11. The molecule has 0 aliphatic heterocycles. The highest BCUT2D eigenvalue weighted by atomic mass is 31.2. The average molecular weight is 320 g/mol. The fourth-order valence-electron chi connectivity index (χ4n) is 3.04. The summed E-state index contributed by atoms with van der Waals surface area (Å²) in [4.78, 5) is 0. The van der Waals surface area contributed by atoms with Gasteiger partial charge in [0.15, 0.2) is 0 Å². The molecule has 0 bridgehead atoms. The SMILES string of the molecule is Cc1cccc([C@H](C)P(=O)(c2ccccc2)c2ccccc2)c1. The van der Waals surface area contributed by atoms with E-state index in [2.05, 4.69) is 32.0 Å². The maximum Gasteiger partial charge on any atom is 0.150 e. The van der Waals surface area contributed by atoms with Crippen molar-refractivity contribution < 1.29 is 4.57 Å². The van der Waals surface area contributed by atoms with Crippen molar-refractivity contribution in [3.63, 3.8) is 0 Å². The molecule has 0 unspecified atom stereocenters. The van der Waals surface area contributed by atoms with Crippen molar-refractivity contribution in [2.24, 2.45) is 0 Å². The Labute approximate surface area is 138 Å². The summed E-state index contributed by atoms with van der Waals surface area (Å²) in [5.41, 5.74) is 2.26. The maximum absolute atomic E-state index is 14.2. The topological polar surface area (TPSA) is 17.1 Å². The molecule has 1 atom stereocenters. The van der Waals surface area contributed by atoms with Crippen LogP contribution < -0.4 is 10.6 Å². The minimum atomic E-state index is -2.76. The van der Waals surface area contributed by atoms with Gasteiger partial charge in [0.05, 0.1) is 0 Å². The molecule has 0 saturated carbocycles. The minimum absolute atomic E-state index is 0.0628. The van der Waals surface area contributed by atoms with Crippen molar-refractivity contribution in [2.45, 2.75) is 19.5 Å². The summed E-state index contributed by atoms with van der Waals surface area (Å²) in [6.45, 7) is 4.15. The Morgan fingerprint density at radius 1 is 0.739 bits per heavy atom. The zero-order chi connectivity index (χ0) is 16.3. The van der Waals surface area contributed by atoms with Gasteiger partial charge in [-0.3, -0.25) is 0 Å². The van der Waals surface area contributed by atoms with E-state index in [-0.39, 0.29) is 5.66 Å². The molecule has 116 valence electrons. The number of benzene rings is 3. The third-order valence-corrected chi connectivity index (χ3v) is 7.87. The highest BCUT2D eigenvalue weighted by Gasteiger charge is 2.34. The van der Waals surface area contributed by atoms with Crippen LogP contribution >= 0.6 is 7.14 Å². The lowest BCUT2D eigenvalue weighted by Crippen LogP contribution is -2.20. The van der Waals surface area contributed by atoms with Crippen molar-refractivity contribution in [1.29, 1.82) is 0 Å². The summed E-state index contributed by atoms with van der Waals surface area (Å²) in [6, 6.07) is 28.1. The quantitative estimate of drug-likeness (QED) is 0.613. The molecule has 0 saturated heterocycles. The molecule has 3 rings (SSSR count). The van der Waals surface area contributed by atoms with Crippen LogP contribution in [0.15, 0.2) is 84.9 Å². The Morgan fingerprint density at radius 3 is 1.74 bits per heavy atom. The van der Waals surface area contributed by atoms with Gasteiger partial charge in [0.25, 0.3) is 0 Å². The minimum Gasteiger partial charge on any atom is -0.313 e. The molecule has 0 fully saturated rings. The summed E-state index contributed by atoms with van der Waals surface area (Å²) in [7, 11) is -2.76. The molecule has 0 heterocycles. The first-order valence-corrected chi connectivity index (χ1v) is 9.67. The first-order valence-electron chi connectivity index (χ1n) is 7.90. The van der Waals surface area contributed by atoms with Crippen LogP contribution in [-0.2, 0) is 4.57 Å². The molecule has 1 nitrogen and oxygen atoms in total. The third-order valence-electron chi connectivity index (χ3n) is 4.35. The van der Waals surface area contributed by atoms with Gasteiger partial charge in [0, 0.05) is 16.3 Å². The van der Waals surface area contributed by atoms with Gasteiger partial charge in [-0.2, -0.15) is 0 Å². The maximum atomic E-state index is 14.2. The lowest BCUT2D eigenvalue weighted by Gasteiger charge is -2.26. The summed E-state index contributed by atoms with van der Waals surface area (Å²) in [5, 5.41) is 1.83. The fourth-order valence-corrected chi connectivity index (χ4v) is 6.04. The van der Waals surface area contributed by atoms with Crippen molar-refractivity contribution in [1.82, 2.24) is 0 Å². The Bertz CT molecular complexity index is 781. The highest BCUT2D eigenvalue weighted by molar-refractivity contribution is 7.79. The molecule has 2 heteroatoms. The van der Waals surface area contributed by atoms with Crippen LogP contribution in [0.4, 0.5) is 0 Å². The van der Waals surface area contributed by atoms with Crippen molar-refractivity contribution in [3.8, 4) is 0 Å². The van der Waals surface area contributed by atoms with E-state index in [0.717, 1.165) is 16.2 Å². The summed E-state index contributed by atoms with van der Waals surface area (Å²) >= 11 is 0. The van der Waals surface area contributed by atoms with E-state index in [1.54, 1.807) is 0 Å². The van der Waals surface area contributed by atoms with Crippen molar-refractivity contribution in [2.75, 3.05) is 0 Å². The average Bonchev–Trinajstić information content (AvgIpc) is 2.62. The van der Waals surface area contributed by atoms with E-state index in [1.165, 1.54) is 5.56 Å². The van der Waals surface area contributed by atoms with Crippen LogP contribution in [0, 0.1) is 6.92 Å². The molecule has 0 spiro atoms. The smallest absolute Gasteiger partial charge is 0.150 e. The van der Waals surface area contributed by atoms with Gasteiger partial charge in [-0.05, 0) is 12.5 Å². The largest absolute Gasteiger partial charge is 0.313 e. The zero-order valence-corrected chi connectivity index (χ0v) is 14.4. The standard InChI is InChI=1S/C21H21OP/c1-17-10-9-11-19(16-17)18(2)23(22,20-12-5-3-6-13-20)21-14-7-4-8-15-21/h3-16,18H,1-2H3/t18-/m0/s1. The zero-order valence-electron chi connectivity index (χ0n) is 13.5. The summed E-state index contributed by atoms with van der Waals surface area (Å²) in [6.07, 6.45) is 0. The molecule has 3 aromatic rings. The van der Waals surface area contributed by atoms with Gasteiger partial charge < -0.3 is 4.57 Å². The second-order valence-electron chi connectivity index (χ2n) is 5.92. The van der Waals surface area contributed by atoms with Crippen LogP contribution in [0.1, 0.15) is 23.7 Å². The van der Waals surface area contributed by atoms with Crippen molar-refractivity contribution >= 4 is 17.8 Å². The first-order chi connectivity index (χ1) is 11.1. The number of hydrogen-bond donors (Lipinski definition) is 0. The Kier molecular flexibility index (Phi) is 4.50. The van der Waals surface area contributed by atoms with Gasteiger partial charge in [0.1, 0.15) is 7.14 Å². The van der Waals surface area contributed by atoms with Gasteiger partial charge in [-0.15, -0.1) is 0 Å². The predicted octanol–water partition coefficient (Wildman–Crippen LogP) is 5.07. The first kappa shape index (κ1) is 15.8. The van der Waals surface area contributed by atoms with Gasteiger partial charge >= 0.3 is 0 Å². The second-order valence-corrected chi connectivity index (χ2v) is 9.04. The van der Waals surface area contributed by atoms with E-state index >= 15 is 0 Å². The van der Waals surface area contributed by atoms with E-state index in [4.69, 9.17) is 0 Å². The molecular weight excluding hydrogens is 299 g/mol. The molecule has 0 aliphatic rings. The molecule has 0 radical (unpaired) electrons. The molecule has 0 aliphatic carbocycles. The second kappa shape index (κ2) is 6.56. The number of rotatable bonds is 4. The number of aryl methyl sites for hydroxylation is 1. The van der Waals surface area contributed by atoms with Crippen molar-refractivity contribution in [3.05, 3.63) is 96.1 Å². The fraction of sp³-hybridized carbons (Fsp3) is 0.143.